The topological polar surface area (TPSA) is 81.4 Å². The smallest absolute Gasteiger partial charge is 0.481 e. The van der Waals surface area contributed by atoms with E-state index in [-0.39, 0.29) is 18.2 Å². The van der Waals surface area contributed by atoms with E-state index in [0.29, 0.717) is 18.5 Å². The molecule has 0 spiro atoms. The molecule has 1 N–H and O–H groups in total. The van der Waals surface area contributed by atoms with Crippen molar-refractivity contribution in [1.29, 1.82) is 0 Å². The molecule has 0 aliphatic heterocycles. The number of carboxylic acids is 1. The van der Waals surface area contributed by atoms with Crippen molar-refractivity contribution >= 4 is 18.0 Å². The number of aromatic nitrogens is 2. The number of carboxylic acid groups (broad SMARTS) is 1. The van der Waals surface area contributed by atoms with E-state index in [4.69, 9.17) is 5.10 Å². The summed E-state index contributed by atoms with van der Waals surface area (Å²) in [6.07, 6.45) is -0.619. The maximum Gasteiger partial charge on any atom is 0.575 e. The van der Waals surface area contributed by atoms with Crippen molar-refractivity contribution in [2.45, 2.75) is 52.3 Å². The van der Waals surface area contributed by atoms with Gasteiger partial charge in [-0.1, -0.05) is 31.1 Å². The fourth-order valence-electron chi connectivity index (χ4n) is 6.71. The fourth-order valence-corrected chi connectivity index (χ4v) is 6.71. The number of aliphatic carboxylic acids is 1. The third-order valence-electron chi connectivity index (χ3n) is 8.48. The molecule has 6 nitrogen and oxygen atoms in total. The second-order valence-corrected chi connectivity index (χ2v) is 10.2. The maximum atomic E-state index is 13.5. The third-order valence-corrected chi connectivity index (χ3v) is 8.48. The summed E-state index contributed by atoms with van der Waals surface area (Å²) in [6, 6.07) is 6.04. The Labute approximate surface area is 210 Å². The van der Waals surface area contributed by atoms with E-state index in [2.05, 4.69) is 10.8 Å². The highest BCUT2D eigenvalue weighted by Gasteiger charge is 2.55. The summed E-state index contributed by atoms with van der Waals surface area (Å²) in [7, 11) is 0. The van der Waals surface area contributed by atoms with Crippen LogP contribution in [-0.2, 0) is 14.3 Å². The van der Waals surface area contributed by atoms with Gasteiger partial charge in [-0.2, -0.15) is 5.10 Å². The Hall–Kier alpha value is -3.43. The summed E-state index contributed by atoms with van der Waals surface area (Å²) >= 11 is 0. The van der Waals surface area contributed by atoms with Gasteiger partial charge in [0.15, 0.2) is 0 Å². The molecule has 0 saturated heterocycles. The first-order valence-corrected chi connectivity index (χ1v) is 12.1. The van der Waals surface area contributed by atoms with Crippen LogP contribution in [0, 0.1) is 35.9 Å². The van der Waals surface area contributed by atoms with Crippen molar-refractivity contribution in [3.05, 3.63) is 64.3 Å². The number of hydrogen-bond acceptors (Lipinski definition) is 4. The van der Waals surface area contributed by atoms with Gasteiger partial charge in [-0.3, -0.25) is 9.59 Å². The maximum absolute atomic E-state index is 13.5. The SMILES string of the molecule is Cc1nn(-c2ccc(F)cc2)c2c1C(C)[C@@]1(C)C(=C2)CC[C@H]2C1=CC[C@H](C(=O)OC(F)(F)F)[C@H]2C(=O)O. The molecular formula is C27H26F4N2O4. The van der Waals surface area contributed by atoms with Gasteiger partial charge < -0.3 is 9.84 Å². The third kappa shape index (κ3) is 3.97. The number of rotatable bonds is 3. The Balaban J connectivity index is 1.57. The number of carbonyl (C=O) groups is 2. The molecule has 5 atom stereocenters. The first-order valence-electron chi connectivity index (χ1n) is 12.1. The first kappa shape index (κ1) is 25.2. The van der Waals surface area contributed by atoms with Gasteiger partial charge in [0, 0.05) is 11.0 Å². The van der Waals surface area contributed by atoms with Crippen molar-refractivity contribution in [2.24, 2.45) is 23.2 Å². The molecule has 37 heavy (non-hydrogen) atoms. The minimum Gasteiger partial charge on any atom is -0.481 e. The Bertz CT molecular complexity index is 1340. The number of nitrogens with zero attached hydrogens (tertiary/aromatic N) is 2. The van der Waals surface area contributed by atoms with E-state index < -0.39 is 41.5 Å². The lowest BCUT2D eigenvalue weighted by atomic mass is 9.51. The van der Waals surface area contributed by atoms with Gasteiger partial charge in [-0.15, -0.1) is 13.2 Å². The van der Waals surface area contributed by atoms with E-state index >= 15 is 0 Å². The molecule has 5 rings (SSSR count). The number of halogens is 4. The number of allylic oxidation sites excluding steroid dienone is 3. The van der Waals surface area contributed by atoms with Crippen LogP contribution in [0.3, 0.4) is 0 Å². The van der Waals surface area contributed by atoms with E-state index in [0.717, 1.165) is 28.1 Å². The lowest BCUT2D eigenvalue weighted by Gasteiger charge is -2.52. The summed E-state index contributed by atoms with van der Waals surface area (Å²) in [6.45, 7) is 5.96. The largest absolute Gasteiger partial charge is 0.575 e. The second kappa shape index (κ2) is 8.56. The highest BCUT2D eigenvalue weighted by Crippen LogP contribution is 2.62. The molecule has 10 heteroatoms. The number of hydrogen-bond donors (Lipinski definition) is 1. The molecule has 3 aliphatic rings. The van der Waals surface area contributed by atoms with E-state index in [1.165, 1.54) is 12.1 Å². The molecule has 1 fully saturated rings. The van der Waals surface area contributed by atoms with Gasteiger partial charge in [0.05, 0.1) is 28.9 Å². The summed E-state index contributed by atoms with van der Waals surface area (Å²) in [5.74, 6) is -6.68. The second-order valence-electron chi connectivity index (χ2n) is 10.2. The first-order chi connectivity index (χ1) is 17.3. The molecule has 0 bridgehead atoms. The van der Waals surface area contributed by atoms with Gasteiger partial charge in [0.25, 0.3) is 0 Å². The Morgan fingerprint density at radius 3 is 2.51 bits per heavy atom. The summed E-state index contributed by atoms with van der Waals surface area (Å²) < 4.78 is 57.1. The quantitative estimate of drug-likeness (QED) is 0.309. The number of esters is 1. The fraction of sp³-hybridized carbons (Fsp3) is 0.444. The minimum atomic E-state index is -5.17. The van der Waals surface area contributed by atoms with Crippen LogP contribution >= 0.6 is 0 Å². The van der Waals surface area contributed by atoms with Crippen LogP contribution < -0.4 is 0 Å². The molecule has 3 aliphatic carbocycles. The highest BCUT2D eigenvalue weighted by molar-refractivity contribution is 5.83. The zero-order chi connectivity index (χ0) is 26.9. The monoisotopic (exact) mass is 518 g/mol. The van der Waals surface area contributed by atoms with Gasteiger partial charge in [0.2, 0.25) is 0 Å². The zero-order valence-corrected chi connectivity index (χ0v) is 20.5. The molecule has 2 aromatic rings. The molecular weight excluding hydrogens is 492 g/mol. The molecule has 1 heterocycles. The summed E-state index contributed by atoms with van der Waals surface area (Å²) in [5, 5.41) is 14.7. The molecule has 1 unspecified atom stereocenters. The van der Waals surface area contributed by atoms with Crippen molar-refractivity contribution in [2.75, 3.05) is 0 Å². The molecule has 196 valence electrons. The molecule has 1 saturated carbocycles. The van der Waals surface area contributed by atoms with Crippen molar-refractivity contribution < 1.29 is 37.0 Å². The number of ether oxygens (including phenoxy) is 1. The number of fused-ring (bicyclic) bond motifs is 4. The number of aryl methyl sites for hydroxylation is 1. The number of carbonyl (C=O) groups excluding carboxylic acids is 1. The molecule has 0 amide bonds. The van der Waals surface area contributed by atoms with Crippen LogP contribution in [0.4, 0.5) is 17.6 Å². The Morgan fingerprint density at radius 1 is 1.22 bits per heavy atom. The Kier molecular flexibility index (Phi) is 5.84. The average molecular weight is 519 g/mol. The predicted octanol–water partition coefficient (Wildman–Crippen LogP) is 5.95. The van der Waals surface area contributed by atoms with E-state index in [1.54, 1.807) is 22.9 Å². The average Bonchev–Trinajstić information content (AvgIpc) is 3.14. The van der Waals surface area contributed by atoms with E-state index in [1.807, 2.05) is 20.8 Å². The molecule has 1 aromatic carbocycles. The van der Waals surface area contributed by atoms with Gasteiger partial charge >= 0.3 is 18.3 Å². The van der Waals surface area contributed by atoms with Crippen LogP contribution in [0.1, 0.15) is 56.0 Å². The Morgan fingerprint density at radius 2 is 1.89 bits per heavy atom. The standard InChI is InChI=1S/C27H26F4N2O4/c1-13-22-14(2)32-33(17-7-5-16(28)6-8-17)21(22)12-15-4-9-18-20(26(13,15)3)11-10-19(23(18)24(34)35)25(36)37-27(29,30)31/h5-8,11-13,18-19,23H,4,9-10H2,1-3H3,(H,34,35)/t13?,18-,19-,23-,26-/m0/s1. The molecule has 0 radical (unpaired) electrons. The lowest BCUT2D eigenvalue weighted by molar-refractivity contribution is -0.308. The summed E-state index contributed by atoms with van der Waals surface area (Å²) in [4.78, 5) is 24.6. The minimum absolute atomic E-state index is 0.126. The lowest BCUT2D eigenvalue weighted by Crippen LogP contribution is -2.47. The van der Waals surface area contributed by atoms with Crippen LogP contribution in [0.25, 0.3) is 11.8 Å². The van der Waals surface area contributed by atoms with Crippen LogP contribution in [0.2, 0.25) is 0 Å². The molecule has 1 aromatic heterocycles. The van der Waals surface area contributed by atoms with Crippen LogP contribution in [0.5, 0.6) is 0 Å². The van der Waals surface area contributed by atoms with Crippen molar-refractivity contribution in [3.63, 3.8) is 0 Å². The zero-order valence-electron chi connectivity index (χ0n) is 20.5. The van der Waals surface area contributed by atoms with Crippen molar-refractivity contribution in [3.8, 4) is 5.69 Å². The van der Waals surface area contributed by atoms with Crippen molar-refractivity contribution in [1.82, 2.24) is 9.78 Å². The predicted molar refractivity (Wildman–Crippen MR) is 125 cm³/mol. The van der Waals surface area contributed by atoms with Crippen LogP contribution in [-0.4, -0.2) is 33.2 Å². The van der Waals surface area contributed by atoms with Gasteiger partial charge in [-0.05, 0) is 68.4 Å². The van der Waals surface area contributed by atoms with Crippen LogP contribution in [0.15, 0.2) is 41.5 Å². The summed E-state index contributed by atoms with van der Waals surface area (Å²) in [5.41, 5.74) is 4.65. The number of alkyl halides is 3. The number of benzene rings is 1. The van der Waals surface area contributed by atoms with E-state index in [9.17, 15) is 32.3 Å². The normalized spacial score (nSPS) is 28.8. The van der Waals surface area contributed by atoms with Gasteiger partial charge in [-0.25, -0.2) is 9.07 Å². The van der Waals surface area contributed by atoms with Gasteiger partial charge in [0.1, 0.15) is 5.82 Å². The highest BCUT2D eigenvalue weighted by atomic mass is 19.4.